The molecule has 3 unspecified atom stereocenters. The number of hydrogen-bond donors (Lipinski definition) is 3. The Morgan fingerprint density at radius 3 is 2.26 bits per heavy atom. The smallest absolute Gasteiger partial charge is 0.374 e. The summed E-state index contributed by atoms with van der Waals surface area (Å²) in [7, 11) is 0. The van der Waals surface area contributed by atoms with Crippen LogP contribution in [0.3, 0.4) is 0 Å². The lowest BCUT2D eigenvalue weighted by atomic mass is 9.84. The van der Waals surface area contributed by atoms with Gasteiger partial charge in [0.1, 0.15) is 5.75 Å². The van der Waals surface area contributed by atoms with Crippen molar-refractivity contribution in [3.63, 3.8) is 0 Å². The number of hydrogen-bond acceptors (Lipinski definition) is 8. The molecule has 2 saturated heterocycles. The summed E-state index contributed by atoms with van der Waals surface area (Å²) >= 11 is 0. The second-order valence-electron chi connectivity index (χ2n) is 11.7. The molecule has 42 heavy (non-hydrogen) atoms. The predicted octanol–water partition coefficient (Wildman–Crippen LogP) is 5.70. The van der Waals surface area contributed by atoms with E-state index >= 15 is 0 Å². The maximum Gasteiger partial charge on any atom is 0.374 e. The van der Waals surface area contributed by atoms with Crippen molar-refractivity contribution in [2.24, 2.45) is 11.8 Å². The molecule has 0 spiro atoms. The van der Waals surface area contributed by atoms with Gasteiger partial charge in [-0.2, -0.15) is 0 Å². The number of allylic oxidation sites excluding steroid dienone is 1. The number of ether oxygens (including phenoxy) is 5. The second-order valence-corrected chi connectivity index (χ2v) is 11.7. The van der Waals surface area contributed by atoms with Crippen molar-refractivity contribution in [3.8, 4) is 5.75 Å². The van der Waals surface area contributed by atoms with Crippen molar-refractivity contribution >= 4 is 5.97 Å². The SMILES string of the molecule is C=C1CC[C@H](CCCCOc2ccccc2)[C@H]1C[C@@H](O)C(O)CC(OC1CCCCO1)=C(OC1CCCCO1)C(=O)O. The van der Waals surface area contributed by atoms with Crippen LogP contribution < -0.4 is 4.74 Å². The number of carboxylic acids is 1. The van der Waals surface area contributed by atoms with Gasteiger partial charge in [0.2, 0.25) is 5.76 Å². The lowest BCUT2D eigenvalue weighted by molar-refractivity contribution is -0.172. The van der Waals surface area contributed by atoms with E-state index in [1.165, 1.54) is 0 Å². The van der Waals surface area contributed by atoms with E-state index in [1.54, 1.807) is 0 Å². The van der Waals surface area contributed by atoms with E-state index in [0.29, 0.717) is 45.0 Å². The summed E-state index contributed by atoms with van der Waals surface area (Å²) in [6.45, 7) is 5.92. The Balaban J connectivity index is 1.34. The van der Waals surface area contributed by atoms with E-state index in [2.05, 4.69) is 6.58 Å². The summed E-state index contributed by atoms with van der Waals surface area (Å²) in [5, 5.41) is 32.2. The van der Waals surface area contributed by atoms with Crippen LogP contribution in [0.5, 0.6) is 5.75 Å². The van der Waals surface area contributed by atoms with E-state index < -0.39 is 36.5 Å². The molecule has 3 fully saturated rings. The van der Waals surface area contributed by atoms with Crippen LogP contribution in [-0.4, -0.2) is 65.9 Å². The normalized spacial score (nSPS) is 26.7. The number of unbranched alkanes of at least 4 members (excludes halogenated alkanes) is 1. The number of aliphatic hydroxyl groups is 2. The van der Waals surface area contributed by atoms with Gasteiger partial charge in [0, 0.05) is 19.3 Å². The molecule has 4 rings (SSSR count). The number of aliphatic hydroxyl groups excluding tert-OH is 2. The number of para-hydroxylation sites is 1. The number of rotatable bonds is 16. The molecular formula is C33H48O9. The van der Waals surface area contributed by atoms with Crippen LogP contribution in [0.2, 0.25) is 0 Å². The molecule has 1 aromatic rings. The molecule has 3 aliphatic rings. The fraction of sp³-hybridized carbons (Fsp3) is 0.667. The molecule has 0 amide bonds. The molecule has 0 bridgehead atoms. The van der Waals surface area contributed by atoms with E-state index in [-0.39, 0.29) is 18.1 Å². The molecule has 0 radical (unpaired) electrons. The summed E-state index contributed by atoms with van der Waals surface area (Å²) in [5.74, 6) is -0.405. The minimum absolute atomic E-state index is 0.0321. The highest BCUT2D eigenvalue weighted by Crippen LogP contribution is 2.42. The first-order valence-corrected chi connectivity index (χ1v) is 15.6. The lowest BCUT2D eigenvalue weighted by Crippen LogP contribution is -2.33. The summed E-state index contributed by atoms with van der Waals surface area (Å²) in [6, 6.07) is 9.78. The summed E-state index contributed by atoms with van der Waals surface area (Å²) < 4.78 is 28.8. The van der Waals surface area contributed by atoms with Crippen molar-refractivity contribution in [3.05, 3.63) is 54.0 Å². The van der Waals surface area contributed by atoms with Gasteiger partial charge in [-0.15, -0.1) is 0 Å². The standard InChI is InChI=1S/C33H48O9/c1-23-16-17-24(11-5-8-18-38-25-12-3-2-4-13-25)26(23)21-27(34)28(35)22-29(41-30-14-6-9-19-39-30)32(33(36)37)42-31-15-7-10-20-40-31/h2-4,12-13,24,26-28,30-31,34-35H,1,5-11,14-22H2,(H,36,37)/t24-,26-,27+,28?,30?,31?/m0/s1. The Hall–Kier alpha value is -2.59. The zero-order chi connectivity index (χ0) is 29.7. The molecule has 2 heterocycles. The van der Waals surface area contributed by atoms with E-state index in [0.717, 1.165) is 69.1 Å². The third-order valence-electron chi connectivity index (χ3n) is 8.49. The van der Waals surface area contributed by atoms with Crippen LogP contribution in [-0.2, 0) is 23.7 Å². The molecule has 234 valence electrons. The highest BCUT2D eigenvalue weighted by molar-refractivity contribution is 5.84. The highest BCUT2D eigenvalue weighted by atomic mass is 16.7. The van der Waals surface area contributed by atoms with Gasteiger partial charge in [-0.3, -0.25) is 0 Å². The van der Waals surface area contributed by atoms with Crippen molar-refractivity contribution in [1.82, 2.24) is 0 Å². The first-order chi connectivity index (χ1) is 20.4. The minimum atomic E-state index is -1.31. The maximum atomic E-state index is 12.3. The molecule has 6 atom stereocenters. The summed E-state index contributed by atoms with van der Waals surface area (Å²) in [5.41, 5.74) is 1.10. The summed E-state index contributed by atoms with van der Waals surface area (Å²) in [4.78, 5) is 12.3. The first-order valence-electron chi connectivity index (χ1n) is 15.6. The van der Waals surface area contributed by atoms with Crippen LogP contribution in [0.4, 0.5) is 0 Å². The van der Waals surface area contributed by atoms with Crippen molar-refractivity contribution in [2.75, 3.05) is 19.8 Å². The van der Waals surface area contributed by atoms with Crippen LogP contribution in [0.15, 0.2) is 54.0 Å². The van der Waals surface area contributed by atoms with Crippen LogP contribution in [0, 0.1) is 11.8 Å². The topological polar surface area (TPSA) is 124 Å². The number of benzene rings is 1. The maximum absolute atomic E-state index is 12.3. The average molecular weight is 589 g/mol. The van der Waals surface area contributed by atoms with Gasteiger partial charge in [0.25, 0.3) is 0 Å². The Kier molecular flexibility index (Phi) is 13.0. The molecule has 9 heteroatoms. The molecular weight excluding hydrogens is 540 g/mol. The second kappa shape index (κ2) is 16.9. The predicted molar refractivity (Wildman–Crippen MR) is 156 cm³/mol. The zero-order valence-corrected chi connectivity index (χ0v) is 24.7. The average Bonchev–Trinajstić information content (AvgIpc) is 3.35. The van der Waals surface area contributed by atoms with E-state index in [9.17, 15) is 20.1 Å². The number of aliphatic carboxylic acids is 1. The van der Waals surface area contributed by atoms with Gasteiger partial charge >= 0.3 is 5.97 Å². The number of carboxylic acid groups (broad SMARTS) is 1. The van der Waals surface area contributed by atoms with Crippen LogP contribution >= 0.6 is 0 Å². The quantitative estimate of drug-likeness (QED) is 0.0965. The third kappa shape index (κ3) is 10.0. The van der Waals surface area contributed by atoms with Gasteiger partial charge in [0.05, 0.1) is 32.0 Å². The van der Waals surface area contributed by atoms with Crippen LogP contribution in [0.1, 0.15) is 83.5 Å². The lowest BCUT2D eigenvalue weighted by Gasteiger charge is -2.30. The molecule has 1 aromatic carbocycles. The Labute approximate surface area is 249 Å². The van der Waals surface area contributed by atoms with Crippen LogP contribution in [0.25, 0.3) is 0 Å². The van der Waals surface area contributed by atoms with E-state index in [1.807, 2.05) is 30.3 Å². The zero-order valence-electron chi connectivity index (χ0n) is 24.7. The Bertz CT molecular complexity index is 998. The highest BCUT2D eigenvalue weighted by Gasteiger charge is 2.35. The van der Waals surface area contributed by atoms with Crippen molar-refractivity contribution < 1.29 is 43.8 Å². The van der Waals surface area contributed by atoms with E-state index in [4.69, 9.17) is 23.7 Å². The van der Waals surface area contributed by atoms with Gasteiger partial charge in [0.15, 0.2) is 18.3 Å². The molecule has 1 aliphatic carbocycles. The molecule has 1 saturated carbocycles. The monoisotopic (exact) mass is 588 g/mol. The number of carbonyl (C=O) groups is 1. The molecule has 9 nitrogen and oxygen atoms in total. The van der Waals surface area contributed by atoms with Gasteiger partial charge in [-0.05, 0) is 88.2 Å². The van der Waals surface area contributed by atoms with Gasteiger partial charge in [-0.25, -0.2) is 4.79 Å². The molecule has 2 aliphatic heterocycles. The van der Waals surface area contributed by atoms with Crippen molar-refractivity contribution in [1.29, 1.82) is 0 Å². The molecule has 0 aromatic heterocycles. The Morgan fingerprint density at radius 2 is 1.62 bits per heavy atom. The van der Waals surface area contributed by atoms with Gasteiger partial charge < -0.3 is 39.0 Å². The fourth-order valence-corrected chi connectivity index (χ4v) is 6.08. The van der Waals surface area contributed by atoms with Gasteiger partial charge in [-0.1, -0.05) is 30.4 Å². The van der Waals surface area contributed by atoms with Crippen molar-refractivity contribution in [2.45, 2.75) is 108 Å². The summed E-state index contributed by atoms with van der Waals surface area (Å²) in [6.07, 6.45) is 6.08. The largest absolute Gasteiger partial charge is 0.494 e. The first kappa shape index (κ1) is 32.3. The Morgan fingerprint density at radius 1 is 0.929 bits per heavy atom. The molecule has 3 N–H and O–H groups in total. The third-order valence-corrected chi connectivity index (χ3v) is 8.49. The fourth-order valence-electron chi connectivity index (χ4n) is 6.08. The minimum Gasteiger partial charge on any atom is -0.494 e.